The van der Waals surface area contributed by atoms with Gasteiger partial charge in [0.15, 0.2) is 0 Å². The molecule has 2 atom stereocenters. The maximum Gasteiger partial charge on any atom is 0.272 e. The van der Waals surface area contributed by atoms with Gasteiger partial charge >= 0.3 is 0 Å². The van der Waals surface area contributed by atoms with E-state index in [1.165, 1.54) is 18.2 Å². The number of hydrogen-bond acceptors (Lipinski definition) is 6. The largest absolute Gasteiger partial charge is 0.386 e. The van der Waals surface area contributed by atoms with E-state index >= 15 is 0 Å². The van der Waals surface area contributed by atoms with E-state index < -0.39 is 5.82 Å². The molecule has 11 heteroatoms. The third-order valence-corrected chi connectivity index (χ3v) is 6.89. The van der Waals surface area contributed by atoms with Gasteiger partial charge in [-0.2, -0.15) is 0 Å². The fourth-order valence-corrected chi connectivity index (χ4v) is 4.84. The summed E-state index contributed by atoms with van der Waals surface area (Å²) in [7, 11) is 1.73. The maximum atomic E-state index is 14.5. The zero-order valence-corrected chi connectivity index (χ0v) is 28.0. The first-order valence-electron chi connectivity index (χ1n) is 15.2. The molecule has 0 fully saturated rings. The summed E-state index contributed by atoms with van der Waals surface area (Å²) < 4.78 is 14.5. The zero-order valence-electron chi connectivity index (χ0n) is 27.2. The highest BCUT2D eigenvalue weighted by molar-refractivity contribution is 6.45. The van der Waals surface area contributed by atoms with Crippen LogP contribution in [0.25, 0.3) is 0 Å². The number of carbonyl (C=O) groups excluding carboxylic acids is 2. The molecule has 1 rings (SSSR count). The van der Waals surface area contributed by atoms with Crippen molar-refractivity contribution < 1.29 is 14.0 Å². The van der Waals surface area contributed by atoms with Crippen molar-refractivity contribution in [2.24, 2.45) is 28.3 Å². The number of benzene rings is 1. The van der Waals surface area contributed by atoms with E-state index in [1.807, 2.05) is 26.0 Å². The highest BCUT2D eigenvalue weighted by Gasteiger charge is 2.27. The van der Waals surface area contributed by atoms with Crippen molar-refractivity contribution in [3.05, 3.63) is 70.6 Å². The first-order valence-corrected chi connectivity index (χ1v) is 15.6. The molecule has 1 aromatic carbocycles. The molecule has 2 unspecified atom stereocenters. The standard InChI is InChI=1S/C33H49ClFN5O2.H4N2/c1-7-12-24(16-11-18-31(41)38-22-30(36)37)29(14-9-3)40(6)33(42)32(25-19-26(34)21-27(35)20-25)39-28(13-8-2)17-10-15-23(4)5;1-2/h7,11-12,16,18-21,23,28-29H,8-10,13-15,17,22H2,1-6H3,(H3,36,37)(H,38,41);1-2H2/b12-7-,18-11+,24-16+,39-32?;. The van der Waals surface area contributed by atoms with Gasteiger partial charge in [0.05, 0.1) is 18.6 Å². The maximum absolute atomic E-state index is 14.5. The van der Waals surface area contributed by atoms with Crippen molar-refractivity contribution in [2.75, 3.05) is 13.6 Å². The lowest BCUT2D eigenvalue weighted by Gasteiger charge is -2.30. The number of nitrogens with one attached hydrogen (secondary N) is 2. The fraction of sp³-hybridized carbons (Fsp3) is 0.515. The Balaban J connectivity index is 0.00000904. The number of halogens is 2. The molecule has 2 amide bonds. The second kappa shape index (κ2) is 23.1. The van der Waals surface area contributed by atoms with E-state index in [9.17, 15) is 14.0 Å². The van der Waals surface area contributed by atoms with Crippen molar-refractivity contribution in [3.63, 3.8) is 0 Å². The summed E-state index contributed by atoms with van der Waals surface area (Å²) in [5.74, 6) is 7.21. The number of likely N-dealkylation sites (N-methyl/N-ethyl adjacent to an activating group) is 1. The minimum Gasteiger partial charge on any atom is -0.386 e. The third-order valence-electron chi connectivity index (χ3n) is 6.67. The summed E-state index contributed by atoms with van der Waals surface area (Å²) >= 11 is 6.22. The number of allylic oxidation sites excluding steroid dienone is 3. The average Bonchev–Trinajstić information content (AvgIpc) is 2.96. The molecule has 0 radical (unpaired) electrons. The summed E-state index contributed by atoms with van der Waals surface area (Å²) in [5, 5.41) is 9.99. The molecule has 0 heterocycles. The molecule has 246 valence electrons. The molecule has 0 saturated heterocycles. The summed E-state index contributed by atoms with van der Waals surface area (Å²) in [6.45, 7) is 10.4. The van der Waals surface area contributed by atoms with Gasteiger partial charge in [-0.15, -0.1) is 0 Å². The van der Waals surface area contributed by atoms with Gasteiger partial charge in [0.2, 0.25) is 5.91 Å². The number of nitrogens with two attached hydrogens (primary N) is 3. The molecule has 0 bridgehead atoms. The van der Waals surface area contributed by atoms with Crippen LogP contribution in [0.15, 0.2) is 59.1 Å². The number of aliphatic imine (C=N–C) groups is 1. The topological polar surface area (TPSA) is 164 Å². The Labute approximate surface area is 268 Å². The second-order valence-electron chi connectivity index (χ2n) is 10.9. The molecule has 44 heavy (non-hydrogen) atoms. The molecule has 0 aliphatic carbocycles. The number of amides is 2. The van der Waals surface area contributed by atoms with Crippen LogP contribution in [0, 0.1) is 17.1 Å². The number of amidine groups is 1. The van der Waals surface area contributed by atoms with Crippen LogP contribution in [0.1, 0.15) is 85.1 Å². The molecule has 9 nitrogen and oxygen atoms in total. The van der Waals surface area contributed by atoms with Gasteiger partial charge in [-0.1, -0.05) is 89.3 Å². The van der Waals surface area contributed by atoms with Gasteiger partial charge in [0.1, 0.15) is 17.4 Å². The molecule has 0 aromatic heterocycles. The van der Waals surface area contributed by atoms with Crippen LogP contribution in [0.4, 0.5) is 4.39 Å². The summed E-state index contributed by atoms with van der Waals surface area (Å²) in [4.78, 5) is 32.9. The number of hydrogen-bond donors (Lipinski definition) is 5. The van der Waals surface area contributed by atoms with Gasteiger partial charge in [0.25, 0.3) is 5.91 Å². The Hall–Kier alpha value is -3.34. The monoisotopic (exact) mass is 633 g/mol. The van der Waals surface area contributed by atoms with Gasteiger partial charge in [-0.05, 0) is 55.9 Å². The Morgan fingerprint density at radius 3 is 2.30 bits per heavy atom. The fourth-order valence-electron chi connectivity index (χ4n) is 4.62. The molecular weight excluding hydrogens is 581 g/mol. The molecule has 8 N–H and O–H groups in total. The van der Waals surface area contributed by atoms with Crippen LogP contribution in [0.5, 0.6) is 0 Å². The molecule has 0 aliphatic rings. The first-order chi connectivity index (χ1) is 20.9. The Morgan fingerprint density at radius 1 is 1.09 bits per heavy atom. The third kappa shape index (κ3) is 15.9. The molecular formula is C33H53ClFN7O2. The highest BCUT2D eigenvalue weighted by atomic mass is 35.5. The average molecular weight is 634 g/mol. The van der Waals surface area contributed by atoms with Crippen LogP contribution >= 0.6 is 11.6 Å². The Kier molecular flexibility index (Phi) is 21.3. The van der Waals surface area contributed by atoms with E-state index in [0.717, 1.165) is 44.1 Å². The van der Waals surface area contributed by atoms with Crippen LogP contribution in [0.2, 0.25) is 5.02 Å². The molecule has 1 aromatic rings. The predicted molar refractivity (Wildman–Crippen MR) is 182 cm³/mol. The second-order valence-corrected chi connectivity index (χ2v) is 11.3. The molecule has 0 saturated carbocycles. The van der Waals surface area contributed by atoms with E-state index in [0.29, 0.717) is 17.9 Å². The SMILES string of the molecule is C\C=C/C(=C\C=C\C(=O)NCC(=N)N)C(CCC)N(C)C(=O)C(=NC(CCC)CCCC(C)C)c1cc(F)cc(Cl)c1.NN. The van der Waals surface area contributed by atoms with Crippen molar-refractivity contribution in [2.45, 2.75) is 91.6 Å². The van der Waals surface area contributed by atoms with E-state index in [-0.39, 0.29) is 47.0 Å². The number of rotatable bonds is 18. The van der Waals surface area contributed by atoms with Crippen molar-refractivity contribution >= 4 is 35.0 Å². The van der Waals surface area contributed by atoms with Crippen LogP contribution in [-0.4, -0.2) is 53.9 Å². The lowest BCUT2D eigenvalue weighted by Crippen LogP contribution is -2.42. The quantitative estimate of drug-likeness (QED) is 0.0343. The molecule has 0 aliphatic heterocycles. The first kappa shape index (κ1) is 40.7. The van der Waals surface area contributed by atoms with E-state index in [2.05, 4.69) is 37.8 Å². The van der Waals surface area contributed by atoms with Gasteiger partial charge in [0, 0.05) is 23.7 Å². The lowest BCUT2D eigenvalue weighted by molar-refractivity contribution is -0.124. The highest BCUT2D eigenvalue weighted by Crippen LogP contribution is 2.23. The minimum atomic E-state index is -0.528. The van der Waals surface area contributed by atoms with E-state index in [1.54, 1.807) is 30.2 Å². The Bertz CT molecular complexity index is 1140. The molecule has 0 spiro atoms. The predicted octanol–water partition coefficient (Wildman–Crippen LogP) is 5.82. The van der Waals surface area contributed by atoms with Gasteiger partial charge in [-0.25, -0.2) is 4.39 Å². The number of nitrogens with zero attached hydrogens (tertiary/aromatic N) is 2. The van der Waals surface area contributed by atoms with Crippen LogP contribution in [0.3, 0.4) is 0 Å². The van der Waals surface area contributed by atoms with Crippen LogP contribution in [-0.2, 0) is 9.59 Å². The normalized spacial score (nSPS) is 13.5. The Morgan fingerprint density at radius 2 is 1.75 bits per heavy atom. The summed E-state index contributed by atoms with van der Waals surface area (Å²) in [6, 6.07) is 3.72. The van der Waals surface area contributed by atoms with Crippen molar-refractivity contribution in [1.82, 2.24) is 10.2 Å². The van der Waals surface area contributed by atoms with Crippen molar-refractivity contribution in [1.29, 1.82) is 5.41 Å². The van der Waals surface area contributed by atoms with Gasteiger partial charge < -0.3 is 16.0 Å². The summed E-state index contributed by atoms with van der Waals surface area (Å²) in [5.41, 5.74) is 6.68. The number of hydrazine groups is 1. The van der Waals surface area contributed by atoms with Crippen LogP contribution < -0.4 is 22.7 Å². The van der Waals surface area contributed by atoms with E-state index in [4.69, 9.17) is 27.7 Å². The number of carbonyl (C=O) groups is 2. The summed E-state index contributed by atoms with van der Waals surface area (Å²) in [6.07, 6.45) is 14.6. The van der Waals surface area contributed by atoms with Crippen molar-refractivity contribution in [3.8, 4) is 0 Å². The lowest BCUT2D eigenvalue weighted by atomic mass is 9.97. The smallest absolute Gasteiger partial charge is 0.272 e. The minimum absolute atomic E-state index is 0.0347. The zero-order chi connectivity index (χ0) is 33.7. The van der Waals surface area contributed by atoms with Gasteiger partial charge in [-0.3, -0.25) is 31.7 Å².